The molecule has 0 atom stereocenters. The summed E-state index contributed by atoms with van der Waals surface area (Å²) >= 11 is 0. The second-order valence-corrected chi connectivity index (χ2v) is 7.06. The smallest absolute Gasteiger partial charge is 0.0491 e. The second-order valence-electron chi connectivity index (χ2n) is 7.06. The van der Waals surface area contributed by atoms with Gasteiger partial charge in [0.1, 0.15) is 0 Å². The lowest BCUT2D eigenvalue weighted by Crippen LogP contribution is -2.14. The molecule has 2 heteroatoms. The van der Waals surface area contributed by atoms with Gasteiger partial charge in [-0.1, -0.05) is 63.3 Å². The summed E-state index contributed by atoms with van der Waals surface area (Å²) in [7, 11) is 0. The maximum Gasteiger partial charge on any atom is 0.0491 e. The lowest BCUT2D eigenvalue weighted by molar-refractivity contribution is 0.572. The van der Waals surface area contributed by atoms with Crippen LogP contribution in [0.3, 0.4) is 0 Å². The predicted octanol–water partition coefficient (Wildman–Crippen LogP) is 6.26. The lowest BCUT2D eigenvalue weighted by Gasteiger charge is -2.07. The van der Waals surface area contributed by atoms with Crippen molar-refractivity contribution in [3.05, 3.63) is 48.0 Å². The molecule has 3 aromatic rings. The van der Waals surface area contributed by atoms with Gasteiger partial charge in [-0.3, -0.25) is 0 Å². The molecule has 0 spiro atoms. The number of benzene rings is 2. The Morgan fingerprint density at radius 1 is 0.800 bits per heavy atom. The third kappa shape index (κ3) is 4.24. The van der Waals surface area contributed by atoms with Gasteiger partial charge in [0.05, 0.1) is 0 Å². The van der Waals surface area contributed by atoms with Gasteiger partial charge in [0.25, 0.3) is 0 Å². The summed E-state index contributed by atoms with van der Waals surface area (Å²) in [6.45, 7) is 7.61. The molecule has 134 valence electrons. The molecule has 0 amide bonds. The topological polar surface area (TPSA) is 17.0 Å². The molecular formula is C23H32N2. The van der Waals surface area contributed by atoms with Crippen LogP contribution in [0.1, 0.15) is 57.9 Å². The maximum absolute atomic E-state index is 3.62. The summed E-state index contributed by atoms with van der Waals surface area (Å²) in [5.41, 5.74) is 4.08. The zero-order valence-electron chi connectivity index (χ0n) is 15.9. The summed E-state index contributed by atoms with van der Waals surface area (Å²) in [4.78, 5) is 0. The van der Waals surface area contributed by atoms with E-state index in [1.54, 1.807) is 0 Å². The highest BCUT2D eigenvalue weighted by molar-refractivity contribution is 6.08. The minimum Gasteiger partial charge on any atom is -0.341 e. The molecule has 1 N–H and O–H groups in total. The Kier molecular flexibility index (Phi) is 6.52. The zero-order chi connectivity index (χ0) is 17.5. The first-order valence-electron chi connectivity index (χ1n) is 10.1. The Bertz CT molecular complexity index is 800. The van der Waals surface area contributed by atoms with Gasteiger partial charge in [0, 0.05) is 34.9 Å². The molecule has 1 aromatic heterocycles. The molecule has 0 radical (unpaired) electrons. The number of aromatic nitrogens is 1. The molecule has 0 unspecified atom stereocenters. The lowest BCUT2D eigenvalue weighted by atomic mass is 10.1. The van der Waals surface area contributed by atoms with Crippen molar-refractivity contribution in [1.82, 2.24) is 9.88 Å². The number of hydrogen-bond acceptors (Lipinski definition) is 1. The van der Waals surface area contributed by atoms with E-state index in [0.29, 0.717) is 0 Å². The third-order valence-electron chi connectivity index (χ3n) is 5.19. The van der Waals surface area contributed by atoms with E-state index < -0.39 is 0 Å². The monoisotopic (exact) mass is 336 g/mol. The minimum atomic E-state index is 0.969. The molecule has 0 aliphatic heterocycles. The number of fused-ring (bicyclic) bond motifs is 3. The average Bonchev–Trinajstić information content (AvgIpc) is 2.97. The number of aryl methyl sites for hydroxylation is 1. The van der Waals surface area contributed by atoms with E-state index in [1.807, 2.05) is 0 Å². The SMILES string of the molecule is CCCCCCCCNCc1ccc2c(c1)c1ccccc1n2CC. The highest BCUT2D eigenvalue weighted by atomic mass is 15.0. The average molecular weight is 337 g/mol. The molecule has 0 fully saturated rings. The van der Waals surface area contributed by atoms with Gasteiger partial charge in [0.15, 0.2) is 0 Å². The highest BCUT2D eigenvalue weighted by Crippen LogP contribution is 2.29. The molecule has 0 bridgehead atoms. The largest absolute Gasteiger partial charge is 0.341 e. The molecule has 3 rings (SSSR count). The molecule has 0 saturated carbocycles. The van der Waals surface area contributed by atoms with Crippen molar-refractivity contribution in [2.75, 3.05) is 6.54 Å². The molecule has 2 nitrogen and oxygen atoms in total. The van der Waals surface area contributed by atoms with Gasteiger partial charge in [-0.05, 0) is 43.7 Å². The van der Waals surface area contributed by atoms with Crippen LogP contribution in [0.5, 0.6) is 0 Å². The maximum atomic E-state index is 3.62. The van der Waals surface area contributed by atoms with Crippen LogP contribution < -0.4 is 5.32 Å². The van der Waals surface area contributed by atoms with Crippen LogP contribution in [0.15, 0.2) is 42.5 Å². The van der Waals surface area contributed by atoms with E-state index in [2.05, 4.69) is 66.2 Å². The highest BCUT2D eigenvalue weighted by Gasteiger charge is 2.09. The number of nitrogens with one attached hydrogen (secondary N) is 1. The van der Waals surface area contributed by atoms with Crippen LogP contribution in [0.25, 0.3) is 21.8 Å². The van der Waals surface area contributed by atoms with E-state index in [-0.39, 0.29) is 0 Å². The molecule has 2 aromatic carbocycles. The Hall–Kier alpha value is -1.80. The zero-order valence-corrected chi connectivity index (χ0v) is 15.9. The van der Waals surface area contributed by atoms with Crippen molar-refractivity contribution in [3.63, 3.8) is 0 Å². The van der Waals surface area contributed by atoms with E-state index in [4.69, 9.17) is 0 Å². The Balaban J connectivity index is 1.61. The van der Waals surface area contributed by atoms with Crippen molar-refractivity contribution in [3.8, 4) is 0 Å². The molecule has 0 aliphatic rings. The van der Waals surface area contributed by atoms with Gasteiger partial charge in [-0.2, -0.15) is 0 Å². The van der Waals surface area contributed by atoms with E-state index in [0.717, 1.165) is 19.6 Å². The summed E-state index contributed by atoms with van der Waals surface area (Å²) in [6, 6.07) is 15.7. The van der Waals surface area contributed by atoms with Crippen molar-refractivity contribution in [2.24, 2.45) is 0 Å². The Labute approximate surface area is 152 Å². The van der Waals surface area contributed by atoms with Gasteiger partial charge < -0.3 is 9.88 Å². The first-order chi connectivity index (χ1) is 12.3. The summed E-state index contributed by atoms with van der Waals surface area (Å²) < 4.78 is 2.41. The number of para-hydroxylation sites is 1. The minimum absolute atomic E-state index is 0.969. The van der Waals surface area contributed by atoms with Crippen LogP contribution in [-0.4, -0.2) is 11.1 Å². The Morgan fingerprint density at radius 2 is 1.56 bits per heavy atom. The standard InChI is InChI=1S/C23H32N2/c1-3-5-6-7-8-11-16-24-18-19-14-15-23-21(17-19)20-12-9-10-13-22(20)25(23)4-2/h9-10,12-15,17,24H,3-8,11,16,18H2,1-2H3. The van der Waals surface area contributed by atoms with Crippen LogP contribution in [0, 0.1) is 0 Å². The molecule has 25 heavy (non-hydrogen) atoms. The first-order valence-corrected chi connectivity index (χ1v) is 10.1. The summed E-state index contributed by atoms with van der Waals surface area (Å²) in [6.07, 6.45) is 8.15. The number of unbranched alkanes of at least 4 members (excludes halogenated alkanes) is 5. The van der Waals surface area contributed by atoms with Gasteiger partial charge in [0.2, 0.25) is 0 Å². The van der Waals surface area contributed by atoms with E-state index >= 15 is 0 Å². The quantitative estimate of drug-likeness (QED) is 0.432. The fraction of sp³-hybridized carbons (Fsp3) is 0.478. The van der Waals surface area contributed by atoms with Crippen molar-refractivity contribution in [1.29, 1.82) is 0 Å². The number of hydrogen-bond donors (Lipinski definition) is 1. The molecule has 0 aliphatic carbocycles. The van der Waals surface area contributed by atoms with Gasteiger partial charge in [-0.15, -0.1) is 0 Å². The van der Waals surface area contributed by atoms with Crippen molar-refractivity contribution in [2.45, 2.75) is 65.5 Å². The van der Waals surface area contributed by atoms with E-state index in [9.17, 15) is 0 Å². The van der Waals surface area contributed by atoms with Crippen LogP contribution in [-0.2, 0) is 13.1 Å². The van der Waals surface area contributed by atoms with E-state index in [1.165, 1.54) is 65.9 Å². The fourth-order valence-corrected chi connectivity index (χ4v) is 3.81. The van der Waals surface area contributed by atoms with Crippen LogP contribution >= 0.6 is 0 Å². The van der Waals surface area contributed by atoms with Crippen molar-refractivity contribution < 1.29 is 0 Å². The number of rotatable bonds is 10. The molecular weight excluding hydrogens is 304 g/mol. The first kappa shape index (κ1) is 18.0. The molecule has 0 saturated heterocycles. The van der Waals surface area contributed by atoms with Crippen molar-refractivity contribution >= 4 is 21.8 Å². The second kappa shape index (κ2) is 9.05. The molecule has 1 heterocycles. The predicted molar refractivity (Wildman–Crippen MR) is 110 cm³/mol. The van der Waals surface area contributed by atoms with Crippen LogP contribution in [0.4, 0.5) is 0 Å². The van der Waals surface area contributed by atoms with Gasteiger partial charge >= 0.3 is 0 Å². The summed E-state index contributed by atoms with van der Waals surface area (Å²) in [5, 5.41) is 6.38. The third-order valence-corrected chi connectivity index (χ3v) is 5.19. The normalized spacial score (nSPS) is 11.6. The summed E-state index contributed by atoms with van der Waals surface area (Å²) in [5.74, 6) is 0. The van der Waals surface area contributed by atoms with Gasteiger partial charge in [-0.25, -0.2) is 0 Å². The Morgan fingerprint density at radius 3 is 2.40 bits per heavy atom. The number of nitrogens with zero attached hydrogens (tertiary/aromatic N) is 1. The fourth-order valence-electron chi connectivity index (χ4n) is 3.81. The van der Waals surface area contributed by atoms with Crippen LogP contribution in [0.2, 0.25) is 0 Å².